The van der Waals surface area contributed by atoms with E-state index < -0.39 is 15.4 Å². The third-order valence-electron chi connectivity index (χ3n) is 5.92. The lowest BCUT2D eigenvalue weighted by molar-refractivity contribution is -0.124. The molecule has 8 nitrogen and oxygen atoms in total. The smallest absolute Gasteiger partial charge is 0.260 e. The van der Waals surface area contributed by atoms with Crippen molar-refractivity contribution in [1.82, 2.24) is 14.9 Å². The monoisotopic (exact) mass is 612 g/mol. The van der Waals surface area contributed by atoms with Crippen molar-refractivity contribution in [3.05, 3.63) is 68.7 Å². The Morgan fingerprint density at radius 2 is 1.78 bits per heavy atom. The van der Waals surface area contributed by atoms with E-state index in [0.29, 0.717) is 15.7 Å². The first-order chi connectivity index (χ1) is 16.9. The van der Waals surface area contributed by atoms with Crippen LogP contribution in [-0.4, -0.2) is 42.1 Å². The molecular weight excluding hydrogens is 591 g/mol. The van der Waals surface area contributed by atoms with Gasteiger partial charge in [-0.05, 0) is 49.2 Å². The number of hydrogen-bond donors (Lipinski definition) is 1. The van der Waals surface area contributed by atoms with Crippen molar-refractivity contribution in [2.45, 2.75) is 37.3 Å². The van der Waals surface area contributed by atoms with Gasteiger partial charge in [0, 0.05) is 34.4 Å². The summed E-state index contributed by atoms with van der Waals surface area (Å²) < 4.78 is 29.1. The Kier molecular flexibility index (Phi) is 7.52. The zero-order valence-electron chi connectivity index (χ0n) is 19.5. The van der Waals surface area contributed by atoms with Gasteiger partial charge in [0.1, 0.15) is 5.54 Å². The van der Waals surface area contributed by atoms with Gasteiger partial charge in [-0.2, -0.15) is 0 Å². The van der Waals surface area contributed by atoms with E-state index in [9.17, 15) is 18.0 Å². The van der Waals surface area contributed by atoms with E-state index in [4.69, 9.17) is 23.2 Å². The number of rotatable bonds is 8. The number of imidazole rings is 1. The lowest BCUT2D eigenvalue weighted by atomic mass is 9.92. The third-order valence-corrected chi connectivity index (χ3v) is 8.63. The van der Waals surface area contributed by atoms with E-state index >= 15 is 0 Å². The second-order valence-corrected chi connectivity index (χ2v) is 12.6. The van der Waals surface area contributed by atoms with E-state index in [1.165, 1.54) is 22.6 Å². The number of aromatic nitrogens is 2. The predicted octanol–water partition coefficient (Wildman–Crippen LogP) is 4.89. The average Bonchev–Trinajstić information content (AvgIpc) is 3.31. The highest BCUT2D eigenvalue weighted by Crippen LogP contribution is 2.44. The number of hydrogen-bond acceptors (Lipinski definition) is 5. The quantitative estimate of drug-likeness (QED) is 0.365. The lowest BCUT2D eigenvalue weighted by Crippen LogP contribution is -2.42. The third kappa shape index (κ3) is 5.18. The highest BCUT2D eigenvalue weighted by atomic mass is 79.9. The predicted molar refractivity (Wildman–Crippen MR) is 143 cm³/mol. The van der Waals surface area contributed by atoms with Crippen molar-refractivity contribution < 1.29 is 18.0 Å². The zero-order valence-corrected chi connectivity index (χ0v) is 23.4. The number of sulfone groups is 1. The van der Waals surface area contributed by atoms with Gasteiger partial charge in [0.15, 0.2) is 14.9 Å². The molecular formula is C24H23BrCl2N4O4S. The lowest BCUT2D eigenvalue weighted by Gasteiger charge is -2.26. The molecule has 1 N–H and O–H groups in total. The van der Waals surface area contributed by atoms with Gasteiger partial charge in [-0.25, -0.2) is 18.3 Å². The van der Waals surface area contributed by atoms with Crippen molar-refractivity contribution in [3.63, 3.8) is 0 Å². The van der Waals surface area contributed by atoms with Crippen LogP contribution >= 0.6 is 39.1 Å². The Labute approximate surface area is 227 Å². The van der Waals surface area contributed by atoms with Crippen molar-refractivity contribution in [1.29, 1.82) is 0 Å². The van der Waals surface area contributed by atoms with E-state index in [-0.39, 0.29) is 47.9 Å². The Bertz CT molecular complexity index is 1420. The van der Waals surface area contributed by atoms with Crippen LogP contribution in [0.25, 0.3) is 0 Å². The van der Waals surface area contributed by atoms with E-state index in [2.05, 4.69) is 26.2 Å². The number of nitrogens with zero attached hydrogens (tertiary/aromatic N) is 3. The molecule has 0 radical (unpaired) electrons. The molecule has 2 amide bonds. The maximum absolute atomic E-state index is 14.0. The molecule has 1 aromatic heterocycles. The molecule has 36 heavy (non-hydrogen) atoms. The first-order valence-electron chi connectivity index (χ1n) is 11.0. The molecule has 190 valence electrons. The zero-order chi connectivity index (χ0) is 26.3. The number of nitrogens with one attached hydrogen (secondary N) is 1. The molecule has 3 aromatic rings. The number of anilines is 2. The molecule has 12 heteroatoms. The van der Waals surface area contributed by atoms with Crippen LogP contribution in [0.3, 0.4) is 0 Å². The Hall–Kier alpha value is -2.40. The summed E-state index contributed by atoms with van der Waals surface area (Å²) in [5.41, 5.74) is -0.0683. The molecule has 0 aliphatic carbocycles. The minimum absolute atomic E-state index is 0.0658. The van der Waals surface area contributed by atoms with Crippen LogP contribution in [0.5, 0.6) is 0 Å². The van der Waals surface area contributed by atoms with Gasteiger partial charge < -0.3 is 5.32 Å². The normalized spacial score (nSPS) is 17.4. The maximum Gasteiger partial charge on any atom is 0.260 e. The standard InChI is InChI=1S/C24H23BrCl2N4O4S/c1-15(32)28-8-3-9-36(34,35)21-14-29-23-30(20-11-18(26)10-19(27)12-20)22(33)24(2,31(21)23)13-16-4-6-17(25)7-5-16/h4-7,10-12,14H,3,8-9,13H2,1-2H3,(H,28,32). The molecule has 0 fully saturated rings. The summed E-state index contributed by atoms with van der Waals surface area (Å²) in [4.78, 5) is 30.8. The summed E-state index contributed by atoms with van der Waals surface area (Å²) >= 11 is 15.8. The molecule has 0 bridgehead atoms. The number of benzene rings is 2. The highest BCUT2D eigenvalue weighted by molar-refractivity contribution is 9.10. The molecule has 1 aliphatic rings. The SMILES string of the molecule is CC(=O)NCCCS(=O)(=O)c1cnc2n1C(C)(Cc1ccc(Br)cc1)C(=O)N2c1cc(Cl)cc(Cl)c1. The fraction of sp³-hybridized carbons (Fsp3) is 0.292. The second-order valence-electron chi connectivity index (χ2n) is 8.73. The molecule has 1 atom stereocenters. The fourth-order valence-electron chi connectivity index (χ4n) is 4.28. The number of carbonyl (C=O) groups is 2. The molecule has 2 heterocycles. The summed E-state index contributed by atoms with van der Waals surface area (Å²) in [6, 6.07) is 12.2. The van der Waals surface area contributed by atoms with Crippen LogP contribution < -0.4 is 10.2 Å². The number of halogens is 3. The number of carbonyl (C=O) groups excluding carboxylic acids is 2. The summed E-state index contributed by atoms with van der Waals surface area (Å²) in [5, 5.41) is 3.19. The first kappa shape index (κ1) is 26.7. The Balaban J connectivity index is 1.81. The summed E-state index contributed by atoms with van der Waals surface area (Å²) in [5.74, 6) is -0.648. The summed E-state index contributed by atoms with van der Waals surface area (Å²) in [7, 11) is -3.84. The number of amides is 2. The van der Waals surface area contributed by atoms with Crippen LogP contribution in [-0.2, 0) is 31.4 Å². The fourth-order valence-corrected chi connectivity index (χ4v) is 6.57. The highest BCUT2D eigenvalue weighted by Gasteiger charge is 2.51. The van der Waals surface area contributed by atoms with Crippen molar-refractivity contribution in [2.24, 2.45) is 0 Å². The van der Waals surface area contributed by atoms with Gasteiger partial charge >= 0.3 is 0 Å². The largest absolute Gasteiger partial charge is 0.356 e. The van der Waals surface area contributed by atoms with E-state index in [1.807, 2.05) is 24.3 Å². The topological polar surface area (TPSA) is 101 Å². The minimum atomic E-state index is -3.84. The van der Waals surface area contributed by atoms with Gasteiger partial charge in [0.2, 0.25) is 11.9 Å². The minimum Gasteiger partial charge on any atom is -0.356 e. The van der Waals surface area contributed by atoms with Gasteiger partial charge in [0.25, 0.3) is 5.91 Å². The summed E-state index contributed by atoms with van der Waals surface area (Å²) in [6.07, 6.45) is 1.71. The van der Waals surface area contributed by atoms with Gasteiger partial charge in [-0.1, -0.05) is 51.3 Å². The van der Waals surface area contributed by atoms with Gasteiger partial charge in [-0.3, -0.25) is 14.2 Å². The molecule has 4 rings (SSSR count). The Morgan fingerprint density at radius 3 is 2.39 bits per heavy atom. The van der Waals surface area contributed by atoms with E-state index in [1.54, 1.807) is 25.1 Å². The summed E-state index contributed by atoms with van der Waals surface area (Å²) in [6.45, 7) is 3.29. The molecule has 1 unspecified atom stereocenters. The Morgan fingerprint density at radius 1 is 1.14 bits per heavy atom. The van der Waals surface area contributed by atoms with Crippen LogP contribution in [0, 0.1) is 0 Å². The van der Waals surface area contributed by atoms with Gasteiger partial charge in [0.05, 0.1) is 17.6 Å². The maximum atomic E-state index is 14.0. The molecule has 0 saturated carbocycles. The molecule has 0 spiro atoms. The molecule has 1 aliphatic heterocycles. The van der Waals surface area contributed by atoms with Crippen LogP contribution in [0.4, 0.5) is 11.6 Å². The van der Waals surface area contributed by atoms with Crippen molar-refractivity contribution in [3.8, 4) is 0 Å². The number of fused-ring (bicyclic) bond motifs is 1. The second kappa shape index (κ2) is 10.2. The van der Waals surface area contributed by atoms with E-state index in [0.717, 1.165) is 10.0 Å². The van der Waals surface area contributed by atoms with Crippen molar-refractivity contribution in [2.75, 3.05) is 17.2 Å². The van der Waals surface area contributed by atoms with Crippen LogP contribution in [0.2, 0.25) is 10.0 Å². The molecule has 2 aromatic carbocycles. The van der Waals surface area contributed by atoms with Gasteiger partial charge in [-0.15, -0.1) is 0 Å². The van der Waals surface area contributed by atoms with Crippen LogP contribution in [0.15, 0.2) is 58.2 Å². The molecule has 0 saturated heterocycles. The average molecular weight is 614 g/mol. The van der Waals surface area contributed by atoms with Crippen molar-refractivity contribution >= 4 is 72.4 Å². The van der Waals surface area contributed by atoms with Crippen LogP contribution in [0.1, 0.15) is 25.8 Å². The first-order valence-corrected chi connectivity index (χ1v) is 14.2.